The molecule has 0 aliphatic heterocycles. The molecule has 0 spiro atoms. The summed E-state index contributed by atoms with van der Waals surface area (Å²) in [6.07, 6.45) is 0. The van der Waals surface area contributed by atoms with E-state index in [2.05, 4.69) is 15.9 Å². The van der Waals surface area contributed by atoms with Gasteiger partial charge in [0.2, 0.25) is 5.78 Å². The molecule has 0 aliphatic carbocycles. The zero-order valence-corrected chi connectivity index (χ0v) is 9.71. The van der Waals surface area contributed by atoms with Gasteiger partial charge in [-0.2, -0.15) is 0 Å². The number of carbonyl (C=O) groups is 1. The standard InChI is InChI=1S/C11H9BrO3/c1-14-6-9(13)10-5-7-3-2-4-8(12)11(7)15-10/h2-5H,6H2,1H3. The fraction of sp³-hybridized carbons (Fsp3) is 0.182. The minimum Gasteiger partial charge on any atom is -0.452 e. The highest BCUT2D eigenvalue weighted by molar-refractivity contribution is 9.10. The van der Waals surface area contributed by atoms with Crippen molar-refractivity contribution in [2.75, 3.05) is 13.7 Å². The number of benzene rings is 1. The predicted octanol–water partition coefficient (Wildman–Crippen LogP) is 3.02. The highest BCUT2D eigenvalue weighted by Gasteiger charge is 2.12. The Labute approximate surface area is 95.1 Å². The highest BCUT2D eigenvalue weighted by atomic mass is 79.9. The van der Waals surface area contributed by atoms with Gasteiger partial charge in [0.05, 0.1) is 4.47 Å². The summed E-state index contributed by atoms with van der Waals surface area (Å²) in [6.45, 7) is 0.0391. The molecule has 0 radical (unpaired) electrons. The number of halogens is 1. The molecule has 0 atom stereocenters. The van der Waals surface area contributed by atoms with E-state index in [9.17, 15) is 4.79 Å². The molecule has 0 amide bonds. The summed E-state index contributed by atoms with van der Waals surface area (Å²) in [4.78, 5) is 11.5. The average molecular weight is 269 g/mol. The van der Waals surface area contributed by atoms with Crippen LogP contribution in [-0.2, 0) is 4.74 Å². The van der Waals surface area contributed by atoms with Crippen molar-refractivity contribution in [3.8, 4) is 0 Å². The molecule has 0 bridgehead atoms. The number of carbonyl (C=O) groups excluding carboxylic acids is 1. The Balaban J connectivity index is 2.47. The Morgan fingerprint density at radius 3 is 3.00 bits per heavy atom. The minimum absolute atomic E-state index is 0.0391. The molecule has 2 rings (SSSR count). The second-order valence-corrected chi connectivity index (χ2v) is 3.98. The summed E-state index contributed by atoms with van der Waals surface area (Å²) in [6, 6.07) is 7.39. The summed E-state index contributed by atoms with van der Waals surface area (Å²) in [5, 5.41) is 0.906. The molecule has 1 heterocycles. The molecule has 2 aromatic rings. The van der Waals surface area contributed by atoms with Gasteiger partial charge in [0.1, 0.15) is 12.2 Å². The molecule has 0 saturated heterocycles. The van der Waals surface area contributed by atoms with Crippen LogP contribution in [0.25, 0.3) is 11.0 Å². The number of ketones is 1. The van der Waals surface area contributed by atoms with Gasteiger partial charge in [0.25, 0.3) is 0 Å². The number of furan rings is 1. The largest absolute Gasteiger partial charge is 0.452 e. The van der Waals surface area contributed by atoms with Crippen LogP contribution in [0.1, 0.15) is 10.6 Å². The lowest BCUT2D eigenvalue weighted by atomic mass is 10.2. The van der Waals surface area contributed by atoms with Crippen molar-refractivity contribution in [1.29, 1.82) is 0 Å². The van der Waals surface area contributed by atoms with Crippen molar-refractivity contribution in [3.63, 3.8) is 0 Å². The maximum atomic E-state index is 11.5. The number of hydrogen-bond acceptors (Lipinski definition) is 3. The molecule has 0 saturated carbocycles. The Morgan fingerprint density at radius 2 is 2.33 bits per heavy atom. The normalized spacial score (nSPS) is 10.8. The maximum absolute atomic E-state index is 11.5. The van der Waals surface area contributed by atoms with Crippen molar-refractivity contribution in [3.05, 3.63) is 34.5 Å². The van der Waals surface area contributed by atoms with Crippen LogP contribution in [0.5, 0.6) is 0 Å². The lowest BCUT2D eigenvalue weighted by molar-refractivity contribution is 0.0822. The van der Waals surface area contributed by atoms with Crippen LogP contribution in [0, 0.1) is 0 Å². The number of methoxy groups -OCH3 is 1. The van der Waals surface area contributed by atoms with E-state index >= 15 is 0 Å². The number of ether oxygens (including phenoxy) is 1. The Morgan fingerprint density at radius 1 is 1.53 bits per heavy atom. The molecular formula is C11H9BrO3. The summed E-state index contributed by atoms with van der Waals surface area (Å²) in [7, 11) is 1.48. The van der Waals surface area contributed by atoms with E-state index in [1.54, 1.807) is 6.07 Å². The first-order valence-corrected chi connectivity index (χ1v) is 5.22. The highest BCUT2D eigenvalue weighted by Crippen LogP contribution is 2.27. The average Bonchev–Trinajstić information content (AvgIpc) is 2.63. The molecule has 4 heteroatoms. The fourth-order valence-electron chi connectivity index (χ4n) is 1.37. The predicted molar refractivity (Wildman–Crippen MR) is 60.1 cm³/mol. The van der Waals surface area contributed by atoms with Crippen LogP contribution >= 0.6 is 15.9 Å². The van der Waals surface area contributed by atoms with Gasteiger partial charge < -0.3 is 9.15 Å². The second-order valence-electron chi connectivity index (χ2n) is 3.13. The van der Waals surface area contributed by atoms with Crippen LogP contribution in [0.15, 0.2) is 33.2 Å². The van der Waals surface area contributed by atoms with Crippen molar-refractivity contribution >= 4 is 32.7 Å². The van der Waals surface area contributed by atoms with E-state index in [4.69, 9.17) is 9.15 Å². The van der Waals surface area contributed by atoms with Gasteiger partial charge in [0, 0.05) is 12.5 Å². The Bertz CT molecular complexity index is 502. The van der Waals surface area contributed by atoms with Gasteiger partial charge in [-0.05, 0) is 28.1 Å². The number of fused-ring (bicyclic) bond motifs is 1. The molecular weight excluding hydrogens is 260 g/mol. The molecule has 0 unspecified atom stereocenters. The zero-order chi connectivity index (χ0) is 10.8. The van der Waals surface area contributed by atoms with E-state index in [0.29, 0.717) is 11.3 Å². The lowest BCUT2D eigenvalue weighted by Gasteiger charge is -1.93. The van der Waals surface area contributed by atoms with Crippen molar-refractivity contribution in [2.24, 2.45) is 0 Å². The smallest absolute Gasteiger partial charge is 0.223 e. The van der Waals surface area contributed by atoms with Crippen molar-refractivity contribution < 1.29 is 13.9 Å². The van der Waals surface area contributed by atoms with Gasteiger partial charge in [-0.15, -0.1) is 0 Å². The summed E-state index contributed by atoms with van der Waals surface area (Å²) in [5.41, 5.74) is 0.692. The zero-order valence-electron chi connectivity index (χ0n) is 8.12. The summed E-state index contributed by atoms with van der Waals surface area (Å²) in [5.74, 6) is 0.180. The Hall–Kier alpha value is -1.13. The van der Waals surface area contributed by atoms with E-state index < -0.39 is 0 Å². The van der Waals surface area contributed by atoms with Crippen molar-refractivity contribution in [1.82, 2.24) is 0 Å². The molecule has 0 aliphatic rings. The molecule has 1 aromatic heterocycles. The number of para-hydroxylation sites is 1. The molecule has 15 heavy (non-hydrogen) atoms. The van der Waals surface area contributed by atoms with Crippen LogP contribution in [0.3, 0.4) is 0 Å². The third kappa shape index (κ3) is 1.96. The number of Topliss-reactive ketones (excluding diaryl/α,β-unsaturated/α-hetero) is 1. The van der Waals surface area contributed by atoms with Gasteiger partial charge in [-0.1, -0.05) is 12.1 Å². The van der Waals surface area contributed by atoms with Gasteiger partial charge in [-0.3, -0.25) is 4.79 Å². The second kappa shape index (κ2) is 4.16. The topological polar surface area (TPSA) is 39.4 Å². The van der Waals surface area contributed by atoms with Crippen LogP contribution < -0.4 is 0 Å². The quantitative estimate of drug-likeness (QED) is 0.804. The van der Waals surface area contributed by atoms with Crippen LogP contribution in [0.4, 0.5) is 0 Å². The first-order valence-electron chi connectivity index (χ1n) is 4.42. The van der Waals surface area contributed by atoms with E-state index in [0.717, 1.165) is 9.86 Å². The fourth-order valence-corrected chi connectivity index (χ4v) is 1.83. The van der Waals surface area contributed by atoms with Crippen molar-refractivity contribution in [2.45, 2.75) is 0 Å². The summed E-state index contributed by atoms with van der Waals surface area (Å²) < 4.78 is 11.0. The van der Waals surface area contributed by atoms with E-state index in [1.165, 1.54) is 7.11 Å². The minimum atomic E-state index is -0.152. The first-order chi connectivity index (χ1) is 7.22. The number of rotatable bonds is 3. The molecule has 78 valence electrons. The third-order valence-electron chi connectivity index (χ3n) is 2.05. The third-order valence-corrected chi connectivity index (χ3v) is 2.67. The van der Waals surface area contributed by atoms with Gasteiger partial charge >= 0.3 is 0 Å². The molecule has 0 N–H and O–H groups in total. The monoisotopic (exact) mass is 268 g/mol. The van der Waals surface area contributed by atoms with Crippen LogP contribution in [0.2, 0.25) is 0 Å². The maximum Gasteiger partial charge on any atom is 0.223 e. The summed E-state index contributed by atoms with van der Waals surface area (Å²) >= 11 is 3.36. The molecule has 1 aromatic carbocycles. The lowest BCUT2D eigenvalue weighted by Crippen LogP contribution is -2.05. The van der Waals surface area contributed by atoms with Gasteiger partial charge in [-0.25, -0.2) is 0 Å². The Kier molecular flexibility index (Phi) is 2.88. The van der Waals surface area contributed by atoms with Crippen LogP contribution in [-0.4, -0.2) is 19.5 Å². The molecule has 0 fully saturated rings. The first kappa shape index (κ1) is 10.4. The van der Waals surface area contributed by atoms with E-state index in [1.807, 2.05) is 18.2 Å². The molecule has 3 nitrogen and oxygen atoms in total. The SMILES string of the molecule is COCC(=O)c1cc2cccc(Br)c2o1. The number of hydrogen-bond donors (Lipinski definition) is 0. The van der Waals surface area contributed by atoms with E-state index in [-0.39, 0.29) is 12.4 Å². The van der Waals surface area contributed by atoms with Gasteiger partial charge in [0.15, 0.2) is 5.76 Å².